The summed E-state index contributed by atoms with van der Waals surface area (Å²) >= 11 is 0. The van der Waals surface area contributed by atoms with Crippen LogP contribution < -0.4 is 21.7 Å². The van der Waals surface area contributed by atoms with Gasteiger partial charge in [-0.3, -0.25) is 14.4 Å². The normalized spacial score (nSPS) is 14.9. The molecule has 10 N–H and O–H groups in total. The smallest absolute Gasteiger partial charge is 0.328 e. The van der Waals surface area contributed by atoms with Gasteiger partial charge in [-0.15, -0.1) is 0 Å². The summed E-state index contributed by atoms with van der Waals surface area (Å²) in [6.07, 6.45) is 0.135. The van der Waals surface area contributed by atoms with E-state index in [9.17, 15) is 39.6 Å². The molecule has 0 saturated heterocycles. The monoisotopic (exact) mass is 555 g/mol. The lowest BCUT2D eigenvalue weighted by molar-refractivity contribution is -0.145. The molecule has 13 nitrogen and oxygen atoms in total. The van der Waals surface area contributed by atoms with E-state index in [1.165, 1.54) is 19.1 Å². The fraction of sp³-hybridized carbons (Fsp3) is 0.333. The Labute approximate surface area is 229 Å². The molecule has 5 unspecified atom stereocenters. The number of aromatic amines is 1. The van der Waals surface area contributed by atoms with Gasteiger partial charge in [0.2, 0.25) is 17.7 Å². The van der Waals surface area contributed by atoms with Crippen molar-refractivity contribution in [2.75, 3.05) is 6.61 Å². The number of hydrogen-bond donors (Lipinski definition) is 9. The fourth-order valence-electron chi connectivity index (χ4n) is 4.08. The van der Waals surface area contributed by atoms with E-state index in [4.69, 9.17) is 5.73 Å². The Morgan fingerprint density at radius 2 is 1.50 bits per heavy atom. The summed E-state index contributed by atoms with van der Waals surface area (Å²) in [6.45, 7) is 0.542. The molecule has 1 heterocycles. The number of aromatic hydroxyl groups is 1. The molecule has 1 aromatic heterocycles. The van der Waals surface area contributed by atoms with E-state index in [1.807, 2.05) is 18.2 Å². The first-order valence-corrected chi connectivity index (χ1v) is 12.5. The molecule has 3 aromatic rings. The van der Waals surface area contributed by atoms with Gasteiger partial charge in [-0.1, -0.05) is 30.3 Å². The van der Waals surface area contributed by atoms with Gasteiger partial charge in [0.1, 0.15) is 23.9 Å². The van der Waals surface area contributed by atoms with Crippen molar-refractivity contribution < 1.29 is 39.6 Å². The first kappa shape index (κ1) is 30.1. The summed E-state index contributed by atoms with van der Waals surface area (Å²) in [7, 11) is 0. The van der Waals surface area contributed by atoms with Crippen LogP contribution in [-0.2, 0) is 32.0 Å². The quantitative estimate of drug-likeness (QED) is 0.124. The van der Waals surface area contributed by atoms with Gasteiger partial charge >= 0.3 is 5.97 Å². The number of para-hydroxylation sites is 1. The number of carbonyl (C=O) groups excluding carboxylic acids is 3. The van der Waals surface area contributed by atoms with Crippen LogP contribution in [0.1, 0.15) is 18.1 Å². The number of rotatable bonds is 13. The highest BCUT2D eigenvalue weighted by Crippen LogP contribution is 2.19. The van der Waals surface area contributed by atoms with E-state index in [1.54, 1.807) is 24.4 Å². The number of aliphatic hydroxyl groups excluding tert-OH is 2. The van der Waals surface area contributed by atoms with Crippen LogP contribution in [0, 0.1) is 0 Å². The Balaban J connectivity index is 1.91. The molecule has 0 fully saturated rings. The Bertz CT molecular complexity index is 1340. The number of carboxylic acid groups (broad SMARTS) is 1. The highest BCUT2D eigenvalue weighted by atomic mass is 16.4. The van der Waals surface area contributed by atoms with E-state index in [0.717, 1.165) is 10.9 Å². The largest absolute Gasteiger partial charge is 0.508 e. The number of aromatic nitrogens is 1. The molecule has 13 heteroatoms. The number of amides is 3. The van der Waals surface area contributed by atoms with E-state index >= 15 is 0 Å². The molecule has 40 heavy (non-hydrogen) atoms. The average Bonchev–Trinajstić information content (AvgIpc) is 3.33. The molecular formula is C27H33N5O8. The van der Waals surface area contributed by atoms with Crippen LogP contribution >= 0.6 is 0 Å². The summed E-state index contributed by atoms with van der Waals surface area (Å²) in [5.74, 6) is -3.92. The lowest BCUT2D eigenvalue weighted by Crippen LogP contribution is -2.59. The first-order valence-electron chi connectivity index (χ1n) is 12.5. The first-order chi connectivity index (χ1) is 19.0. The molecule has 0 radical (unpaired) electrons. The number of phenols is 1. The maximum atomic E-state index is 13.5. The minimum Gasteiger partial charge on any atom is -0.508 e. The molecule has 3 rings (SSSR count). The molecule has 3 amide bonds. The zero-order valence-corrected chi connectivity index (χ0v) is 21.7. The summed E-state index contributed by atoms with van der Waals surface area (Å²) < 4.78 is 0. The van der Waals surface area contributed by atoms with E-state index in [0.29, 0.717) is 11.1 Å². The molecule has 5 atom stereocenters. The third kappa shape index (κ3) is 7.79. The Kier molecular flexibility index (Phi) is 10.2. The minimum absolute atomic E-state index is 0.00218. The van der Waals surface area contributed by atoms with Crippen LogP contribution in [-0.4, -0.2) is 86.0 Å². The van der Waals surface area contributed by atoms with Crippen molar-refractivity contribution in [1.82, 2.24) is 20.9 Å². The lowest BCUT2D eigenvalue weighted by atomic mass is 10.0. The predicted octanol–water partition coefficient (Wildman–Crippen LogP) is -1.10. The highest BCUT2D eigenvalue weighted by Gasteiger charge is 2.32. The molecule has 0 aliphatic rings. The summed E-state index contributed by atoms with van der Waals surface area (Å²) in [4.78, 5) is 53.9. The maximum absolute atomic E-state index is 13.5. The number of hydrogen-bond acceptors (Lipinski definition) is 8. The third-order valence-corrected chi connectivity index (χ3v) is 6.32. The standard InChI is InChI=1S/C27H33N5O8/c1-14(34)23(27(39)40)32-26(38)22(11-16-12-29-20-5-3-2-4-18(16)20)31-25(37)21(30-24(36)19(28)13-33)10-15-6-8-17(35)9-7-15/h2-9,12,14,19,21-23,29,33-35H,10-11,13,28H2,1H3,(H,30,36)(H,31,37)(H,32,38)(H,39,40). The zero-order valence-electron chi connectivity index (χ0n) is 21.7. The van der Waals surface area contributed by atoms with Crippen molar-refractivity contribution >= 4 is 34.6 Å². The van der Waals surface area contributed by atoms with Crippen molar-refractivity contribution in [3.63, 3.8) is 0 Å². The van der Waals surface area contributed by atoms with Crippen LogP contribution in [0.5, 0.6) is 5.75 Å². The number of H-pyrrole nitrogens is 1. The molecule has 0 bridgehead atoms. The number of phenolic OH excluding ortho intramolecular Hbond substituents is 1. The Morgan fingerprint density at radius 3 is 2.12 bits per heavy atom. The second-order valence-corrected chi connectivity index (χ2v) is 9.41. The van der Waals surface area contributed by atoms with Gasteiger partial charge in [-0.25, -0.2) is 4.79 Å². The second kappa shape index (κ2) is 13.6. The van der Waals surface area contributed by atoms with Gasteiger partial charge in [0.25, 0.3) is 0 Å². The maximum Gasteiger partial charge on any atom is 0.328 e. The van der Waals surface area contributed by atoms with Crippen molar-refractivity contribution in [2.24, 2.45) is 5.73 Å². The molecular weight excluding hydrogens is 522 g/mol. The van der Waals surface area contributed by atoms with Gasteiger partial charge in [0.15, 0.2) is 6.04 Å². The van der Waals surface area contributed by atoms with E-state index in [-0.39, 0.29) is 18.6 Å². The van der Waals surface area contributed by atoms with Crippen LogP contribution in [0.3, 0.4) is 0 Å². The molecule has 0 spiro atoms. The third-order valence-electron chi connectivity index (χ3n) is 6.32. The van der Waals surface area contributed by atoms with Crippen LogP contribution in [0.4, 0.5) is 0 Å². The number of aliphatic carboxylic acids is 1. The summed E-state index contributed by atoms with van der Waals surface area (Å²) in [5, 5.41) is 46.2. The minimum atomic E-state index is -1.63. The topological polar surface area (TPSA) is 227 Å². The zero-order chi connectivity index (χ0) is 29.4. The molecule has 2 aromatic carbocycles. The summed E-state index contributed by atoms with van der Waals surface area (Å²) in [5.41, 5.74) is 7.61. The number of carboxylic acids is 1. The number of benzene rings is 2. The number of nitrogens with one attached hydrogen (secondary N) is 4. The SMILES string of the molecule is CC(O)C(NC(=O)C(Cc1c[nH]c2ccccc12)NC(=O)C(Cc1ccc(O)cc1)NC(=O)C(N)CO)C(=O)O. The van der Waals surface area contributed by atoms with E-state index in [2.05, 4.69) is 20.9 Å². The average molecular weight is 556 g/mol. The van der Waals surface area contributed by atoms with Crippen molar-refractivity contribution in [3.8, 4) is 5.75 Å². The highest BCUT2D eigenvalue weighted by molar-refractivity contribution is 5.95. The number of fused-ring (bicyclic) bond motifs is 1. The fourth-order valence-corrected chi connectivity index (χ4v) is 4.08. The van der Waals surface area contributed by atoms with Crippen molar-refractivity contribution in [3.05, 3.63) is 65.9 Å². The van der Waals surface area contributed by atoms with E-state index < -0.39 is 60.6 Å². The summed E-state index contributed by atoms with van der Waals surface area (Å²) in [6, 6.07) is 7.67. The second-order valence-electron chi connectivity index (χ2n) is 9.41. The van der Waals surface area contributed by atoms with Gasteiger partial charge in [0, 0.05) is 29.9 Å². The number of nitrogens with two attached hydrogens (primary N) is 1. The predicted molar refractivity (Wildman–Crippen MR) is 144 cm³/mol. The van der Waals surface area contributed by atoms with Crippen LogP contribution in [0.25, 0.3) is 10.9 Å². The van der Waals surface area contributed by atoms with Gasteiger partial charge in [-0.2, -0.15) is 0 Å². The van der Waals surface area contributed by atoms with Gasteiger partial charge < -0.3 is 47.1 Å². The molecule has 0 aliphatic heterocycles. The molecule has 0 aliphatic carbocycles. The molecule has 0 saturated carbocycles. The van der Waals surface area contributed by atoms with Crippen molar-refractivity contribution in [2.45, 2.75) is 50.0 Å². The van der Waals surface area contributed by atoms with Crippen LogP contribution in [0.15, 0.2) is 54.7 Å². The molecule has 214 valence electrons. The Morgan fingerprint density at radius 1 is 0.900 bits per heavy atom. The van der Waals surface area contributed by atoms with Crippen molar-refractivity contribution in [1.29, 1.82) is 0 Å². The van der Waals surface area contributed by atoms with Crippen LogP contribution in [0.2, 0.25) is 0 Å². The number of aliphatic hydroxyl groups is 2. The lowest BCUT2D eigenvalue weighted by Gasteiger charge is -2.26. The Hall–Kier alpha value is -4.46. The van der Waals surface area contributed by atoms with Gasteiger partial charge in [0.05, 0.1) is 12.7 Å². The van der Waals surface area contributed by atoms with Gasteiger partial charge in [-0.05, 0) is 36.2 Å². The number of carbonyl (C=O) groups is 4.